The van der Waals surface area contributed by atoms with Crippen molar-refractivity contribution in [2.75, 3.05) is 12.4 Å². The quantitative estimate of drug-likeness (QED) is 0.251. The summed E-state index contributed by atoms with van der Waals surface area (Å²) in [5.74, 6) is -0.500. The smallest absolute Gasteiger partial charge is 0.267 e. The van der Waals surface area contributed by atoms with Crippen LogP contribution >= 0.6 is 31.9 Å². The Morgan fingerprint density at radius 1 is 1.57 bits per heavy atom. The molecule has 0 aliphatic carbocycles. The highest BCUT2D eigenvalue weighted by atomic mass is 79.9. The minimum atomic E-state index is -3.92. The van der Waals surface area contributed by atoms with E-state index in [9.17, 15) is 8.42 Å². The molecule has 0 saturated carbocycles. The molecule has 0 fully saturated rings. The lowest BCUT2D eigenvalue weighted by atomic mass is 10.5. The molecule has 0 atom stereocenters. The maximum absolute atomic E-state index is 9.63. The van der Waals surface area contributed by atoms with Crippen LogP contribution in [0.15, 0.2) is 0 Å². The van der Waals surface area contributed by atoms with Gasteiger partial charge in [-0.05, 0) is 6.92 Å². The Balaban J connectivity index is 0. The van der Waals surface area contributed by atoms with Crippen LogP contribution in [0.3, 0.4) is 0 Å². The third-order valence-corrected chi connectivity index (χ3v) is 2.37. The van der Waals surface area contributed by atoms with Gasteiger partial charge in [-0.1, -0.05) is 31.9 Å². The minimum Gasteiger partial charge on any atom is -0.395 e. The predicted molar refractivity (Wildman–Crippen MR) is 61.7 cm³/mol. The summed E-state index contributed by atoms with van der Waals surface area (Å²) in [7, 11) is -3.92. The summed E-state index contributed by atoms with van der Waals surface area (Å²) in [5.41, 5.74) is 5.06. The summed E-state index contributed by atoms with van der Waals surface area (Å²) in [6, 6.07) is 0. The third kappa shape index (κ3) is 14.8. The summed E-state index contributed by atoms with van der Waals surface area (Å²) in [4.78, 5) is 0. The number of alkyl halides is 2. The topological polar surface area (TPSA) is 124 Å². The van der Waals surface area contributed by atoms with Gasteiger partial charge < -0.3 is 10.8 Å². The number of aliphatic hydroxyl groups excluding tert-OH is 1. The summed E-state index contributed by atoms with van der Waals surface area (Å²) in [6.07, 6.45) is 0. The number of aliphatic hydroxyl groups is 1. The van der Waals surface area contributed by atoms with Crippen LogP contribution in [0.4, 0.5) is 0 Å². The molecule has 0 saturated heterocycles. The van der Waals surface area contributed by atoms with Crippen molar-refractivity contribution in [2.45, 2.75) is 10.2 Å². The second kappa shape index (κ2) is 6.72. The van der Waals surface area contributed by atoms with E-state index in [1.165, 1.54) is 0 Å². The third-order valence-electron chi connectivity index (χ3n) is 0.822. The van der Waals surface area contributed by atoms with Crippen molar-refractivity contribution in [1.29, 1.82) is 5.41 Å². The molecule has 9 heteroatoms. The Labute approximate surface area is 99.4 Å². The van der Waals surface area contributed by atoms with Crippen LogP contribution in [0.1, 0.15) is 6.92 Å². The van der Waals surface area contributed by atoms with E-state index in [4.69, 9.17) is 20.8 Å². The predicted octanol–water partition coefficient (Wildman–Crippen LogP) is 0.295. The number of hydrogen-bond donors (Lipinski definition) is 4. The number of rotatable bonds is 3. The molecule has 0 aliphatic rings. The first-order valence-electron chi connectivity index (χ1n) is 3.29. The standard InChI is InChI=1S/C3H6Br2N2.C2H6O4S/c1-3(4,5)2(6)7;3-1-2-7(4,5)6/h1H3,(H3,6,7);3H,1-2H2,(H,4,5,6). The van der Waals surface area contributed by atoms with Gasteiger partial charge in [-0.15, -0.1) is 0 Å². The lowest BCUT2D eigenvalue weighted by molar-refractivity contribution is 0.315. The molecular weight excluding hydrogens is 344 g/mol. The van der Waals surface area contributed by atoms with Crippen LogP contribution in [0.2, 0.25) is 0 Å². The Morgan fingerprint density at radius 2 is 1.86 bits per heavy atom. The molecule has 0 amide bonds. The van der Waals surface area contributed by atoms with E-state index in [0.29, 0.717) is 0 Å². The monoisotopic (exact) mass is 354 g/mol. The van der Waals surface area contributed by atoms with E-state index in [2.05, 4.69) is 31.9 Å². The van der Waals surface area contributed by atoms with Gasteiger partial charge >= 0.3 is 0 Å². The second-order valence-electron chi connectivity index (χ2n) is 2.31. The molecule has 5 N–H and O–H groups in total. The van der Waals surface area contributed by atoms with Gasteiger partial charge in [-0.3, -0.25) is 9.96 Å². The summed E-state index contributed by atoms with van der Waals surface area (Å²) < 4.78 is 26.6. The molecule has 0 aromatic heterocycles. The first-order valence-corrected chi connectivity index (χ1v) is 6.48. The van der Waals surface area contributed by atoms with Gasteiger partial charge in [-0.25, -0.2) is 0 Å². The van der Waals surface area contributed by atoms with Crippen molar-refractivity contribution in [1.82, 2.24) is 0 Å². The molecule has 86 valence electrons. The van der Waals surface area contributed by atoms with Gasteiger partial charge in [0.15, 0.2) is 0 Å². The molecule has 14 heavy (non-hydrogen) atoms. The van der Waals surface area contributed by atoms with Gasteiger partial charge in [0.1, 0.15) is 9.07 Å². The summed E-state index contributed by atoms with van der Waals surface area (Å²) in [5, 5.41) is 14.7. The number of halogens is 2. The fourth-order valence-corrected chi connectivity index (χ4v) is 0.346. The molecule has 0 aromatic carbocycles. The van der Waals surface area contributed by atoms with E-state index < -0.39 is 25.7 Å². The van der Waals surface area contributed by atoms with Crippen LogP contribution in [0.5, 0.6) is 0 Å². The maximum Gasteiger partial charge on any atom is 0.267 e. The number of amidine groups is 1. The Hall–Kier alpha value is 0.300. The van der Waals surface area contributed by atoms with Gasteiger partial charge in [0.25, 0.3) is 10.1 Å². The van der Waals surface area contributed by atoms with Gasteiger partial charge in [0.05, 0.1) is 12.4 Å². The average molecular weight is 356 g/mol. The van der Waals surface area contributed by atoms with E-state index in [1.54, 1.807) is 6.92 Å². The average Bonchev–Trinajstić information content (AvgIpc) is 1.82. The van der Waals surface area contributed by atoms with Crippen molar-refractivity contribution < 1.29 is 18.1 Å². The van der Waals surface area contributed by atoms with Crippen LogP contribution < -0.4 is 5.73 Å². The van der Waals surface area contributed by atoms with Crippen LogP contribution in [0.25, 0.3) is 0 Å². The molecule has 0 aromatic rings. The van der Waals surface area contributed by atoms with E-state index in [-0.39, 0.29) is 5.84 Å². The lowest BCUT2D eigenvalue weighted by Gasteiger charge is -2.09. The van der Waals surface area contributed by atoms with Crippen LogP contribution in [-0.2, 0) is 10.1 Å². The first-order chi connectivity index (χ1) is 6.00. The zero-order valence-corrected chi connectivity index (χ0v) is 11.4. The Bertz CT molecular complexity index is 272. The van der Waals surface area contributed by atoms with Gasteiger partial charge in [0.2, 0.25) is 0 Å². The SMILES string of the molecule is CC(Br)(Br)C(=N)N.O=S(=O)(O)CCO. The summed E-state index contributed by atoms with van der Waals surface area (Å²) in [6.45, 7) is 1.22. The highest BCUT2D eigenvalue weighted by Gasteiger charge is 2.17. The first kappa shape index (κ1) is 16.7. The number of nitrogens with two attached hydrogens (primary N) is 1. The lowest BCUT2D eigenvalue weighted by Crippen LogP contribution is -2.27. The molecule has 0 unspecified atom stereocenters. The number of hydrogen-bond acceptors (Lipinski definition) is 4. The Kier molecular flexibility index (Phi) is 8.03. The van der Waals surface area contributed by atoms with Crippen molar-refractivity contribution in [2.24, 2.45) is 5.73 Å². The molecule has 0 heterocycles. The van der Waals surface area contributed by atoms with Crippen molar-refractivity contribution in [3.05, 3.63) is 0 Å². The van der Waals surface area contributed by atoms with Crippen LogP contribution in [-0.4, -0.2) is 39.5 Å². The summed E-state index contributed by atoms with van der Waals surface area (Å²) >= 11 is 6.22. The van der Waals surface area contributed by atoms with E-state index in [1.807, 2.05) is 0 Å². The minimum absolute atomic E-state index is 0.0764. The van der Waals surface area contributed by atoms with E-state index in [0.717, 1.165) is 0 Å². The van der Waals surface area contributed by atoms with Crippen molar-refractivity contribution in [3.63, 3.8) is 0 Å². The fraction of sp³-hybridized carbons (Fsp3) is 0.800. The zero-order chi connectivity index (χ0) is 12.0. The van der Waals surface area contributed by atoms with E-state index >= 15 is 0 Å². The zero-order valence-electron chi connectivity index (χ0n) is 7.37. The number of nitrogens with one attached hydrogen (secondary N) is 1. The highest BCUT2D eigenvalue weighted by Crippen LogP contribution is 2.23. The normalized spacial score (nSPS) is 11.5. The van der Waals surface area contributed by atoms with Crippen molar-refractivity contribution in [3.8, 4) is 0 Å². The maximum atomic E-state index is 9.63. The second-order valence-corrected chi connectivity index (χ2v) is 8.12. The molecular formula is C5H12Br2N2O4S. The molecule has 0 bridgehead atoms. The van der Waals surface area contributed by atoms with Gasteiger partial charge in [0, 0.05) is 0 Å². The molecule has 0 aliphatic heterocycles. The molecule has 0 spiro atoms. The highest BCUT2D eigenvalue weighted by molar-refractivity contribution is 9.25. The Morgan fingerprint density at radius 3 is 1.86 bits per heavy atom. The molecule has 0 rings (SSSR count). The molecule has 0 radical (unpaired) electrons. The van der Waals surface area contributed by atoms with Crippen molar-refractivity contribution >= 4 is 47.8 Å². The van der Waals surface area contributed by atoms with Gasteiger partial charge in [-0.2, -0.15) is 8.42 Å². The fourth-order valence-electron chi connectivity index (χ4n) is 0.115. The van der Waals surface area contributed by atoms with Crippen LogP contribution in [0, 0.1) is 5.41 Å². The largest absolute Gasteiger partial charge is 0.395 e. The molecule has 6 nitrogen and oxygen atoms in total.